The average molecular weight is 188 g/mol. The molecule has 72 valence electrons. The van der Waals surface area contributed by atoms with Gasteiger partial charge in [-0.2, -0.15) is 0 Å². The standard InChI is InChI=1S/C12H12O2/c1-4-9-5-6-10(13-3)7-11(9)12(2)8-14-12/h1,5-7H,8H2,2-3H3. The first-order valence-electron chi connectivity index (χ1n) is 4.49. The van der Waals surface area contributed by atoms with Gasteiger partial charge < -0.3 is 9.47 Å². The Morgan fingerprint density at radius 1 is 1.57 bits per heavy atom. The van der Waals surface area contributed by atoms with E-state index in [1.54, 1.807) is 7.11 Å². The first-order chi connectivity index (χ1) is 6.69. The number of benzene rings is 1. The highest BCUT2D eigenvalue weighted by atomic mass is 16.6. The number of epoxide rings is 1. The maximum Gasteiger partial charge on any atom is 0.119 e. The van der Waals surface area contributed by atoms with E-state index >= 15 is 0 Å². The third-order valence-electron chi connectivity index (χ3n) is 2.53. The maximum atomic E-state index is 5.42. The second-order valence-corrected chi connectivity index (χ2v) is 3.58. The lowest BCUT2D eigenvalue weighted by Crippen LogP contribution is -2.05. The molecule has 1 aromatic rings. The van der Waals surface area contributed by atoms with Crippen LogP contribution in [-0.4, -0.2) is 13.7 Å². The van der Waals surface area contributed by atoms with Crippen molar-refractivity contribution in [1.82, 2.24) is 0 Å². The molecule has 0 saturated carbocycles. The minimum atomic E-state index is -0.198. The lowest BCUT2D eigenvalue weighted by molar-refractivity contribution is 0.327. The molecule has 1 fully saturated rings. The van der Waals surface area contributed by atoms with Crippen LogP contribution in [-0.2, 0) is 10.3 Å². The summed E-state index contributed by atoms with van der Waals surface area (Å²) in [6, 6.07) is 5.70. The zero-order chi connectivity index (χ0) is 10.2. The van der Waals surface area contributed by atoms with Gasteiger partial charge in [0.25, 0.3) is 0 Å². The average Bonchev–Trinajstić information content (AvgIpc) is 2.97. The first-order valence-corrected chi connectivity index (χ1v) is 4.49. The predicted octanol–water partition coefficient (Wildman–Crippen LogP) is 1.92. The van der Waals surface area contributed by atoms with Gasteiger partial charge >= 0.3 is 0 Å². The highest BCUT2D eigenvalue weighted by Crippen LogP contribution is 2.40. The van der Waals surface area contributed by atoms with Gasteiger partial charge in [-0.15, -0.1) is 6.42 Å². The van der Waals surface area contributed by atoms with E-state index in [2.05, 4.69) is 5.92 Å². The van der Waals surface area contributed by atoms with Crippen LogP contribution in [0.1, 0.15) is 18.1 Å². The highest BCUT2D eigenvalue weighted by Gasteiger charge is 2.42. The summed E-state index contributed by atoms with van der Waals surface area (Å²) in [6.07, 6.45) is 5.42. The smallest absolute Gasteiger partial charge is 0.119 e. The zero-order valence-corrected chi connectivity index (χ0v) is 8.33. The summed E-state index contributed by atoms with van der Waals surface area (Å²) in [4.78, 5) is 0. The van der Waals surface area contributed by atoms with Crippen LogP contribution >= 0.6 is 0 Å². The molecule has 1 aliphatic rings. The molecule has 0 amide bonds. The number of hydrogen-bond donors (Lipinski definition) is 0. The predicted molar refractivity (Wildman–Crippen MR) is 54.2 cm³/mol. The van der Waals surface area contributed by atoms with Crippen LogP contribution in [0.15, 0.2) is 18.2 Å². The van der Waals surface area contributed by atoms with Crippen molar-refractivity contribution < 1.29 is 9.47 Å². The Morgan fingerprint density at radius 2 is 2.29 bits per heavy atom. The largest absolute Gasteiger partial charge is 0.497 e. The van der Waals surface area contributed by atoms with Crippen molar-refractivity contribution in [1.29, 1.82) is 0 Å². The lowest BCUT2D eigenvalue weighted by atomic mass is 9.96. The van der Waals surface area contributed by atoms with E-state index in [0.717, 1.165) is 23.5 Å². The molecule has 0 spiro atoms. The van der Waals surface area contributed by atoms with Crippen molar-refractivity contribution in [3.05, 3.63) is 29.3 Å². The quantitative estimate of drug-likeness (QED) is 0.522. The number of hydrogen-bond acceptors (Lipinski definition) is 2. The van der Waals surface area contributed by atoms with Gasteiger partial charge in [-0.25, -0.2) is 0 Å². The Hall–Kier alpha value is -1.46. The molecule has 1 atom stereocenters. The van der Waals surface area contributed by atoms with Gasteiger partial charge in [0, 0.05) is 11.1 Å². The summed E-state index contributed by atoms with van der Waals surface area (Å²) >= 11 is 0. The van der Waals surface area contributed by atoms with Crippen molar-refractivity contribution in [3.8, 4) is 18.1 Å². The Kier molecular flexibility index (Phi) is 1.98. The van der Waals surface area contributed by atoms with E-state index in [4.69, 9.17) is 15.9 Å². The summed E-state index contributed by atoms with van der Waals surface area (Å²) in [7, 11) is 1.64. The molecule has 1 aromatic carbocycles. The monoisotopic (exact) mass is 188 g/mol. The molecule has 0 aromatic heterocycles. The lowest BCUT2D eigenvalue weighted by Gasteiger charge is -2.10. The Labute approximate surface area is 83.8 Å². The summed E-state index contributed by atoms with van der Waals surface area (Å²) in [5, 5.41) is 0. The van der Waals surface area contributed by atoms with E-state index in [9.17, 15) is 0 Å². The fraction of sp³-hybridized carbons (Fsp3) is 0.333. The molecule has 2 nitrogen and oxygen atoms in total. The van der Waals surface area contributed by atoms with Crippen molar-refractivity contribution in [3.63, 3.8) is 0 Å². The molecule has 0 radical (unpaired) electrons. The van der Waals surface area contributed by atoms with Gasteiger partial charge in [0.05, 0.1) is 13.7 Å². The van der Waals surface area contributed by atoms with E-state index < -0.39 is 0 Å². The molecule has 0 aliphatic carbocycles. The van der Waals surface area contributed by atoms with Crippen LogP contribution in [0.4, 0.5) is 0 Å². The SMILES string of the molecule is C#Cc1ccc(OC)cc1C1(C)CO1. The van der Waals surface area contributed by atoms with Crippen LogP contribution in [0.5, 0.6) is 5.75 Å². The van der Waals surface area contributed by atoms with E-state index in [-0.39, 0.29) is 5.60 Å². The number of ether oxygens (including phenoxy) is 2. The molecule has 1 unspecified atom stereocenters. The number of rotatable bonds is 2. The minimum Gasteiger partial charge on any atom is -0.497 e. The molecule has 1 saturated heterocycles. The minimum absolute atomic E-state index is 0.198. The summed E-state index contributed by atoms with van der Waals surface area (Å²) in [5.41, 5.74) is 1.72. The highest BCUT2D eigenvalue weighted by molar-refractivity contribution is 5.48. The molecule has 1 heterocycles. The van der Waals surface area contributed by atoms with Crippen molar-refractivity contribution >= 4 is 0 Å². The van der Waals surface area contributed by atoms with Crippen LogP contribution in [0.3, 0.4) is 0 Å². The van der Waals surface area contributed by atoms with Gasteiger partial charge in [-0.05, 0) is 25.1 Å². The fourth-order valence-corrected chi connectivity index (χ4v) is 1.48. The van der Waals surface area contributed by atoms with Crippen molar-refractivity contribution in [2.75, 3.05) is 13.7 Å². The van der Waals surface area contributed by atoms with Gasteiger partial charge in [0.1, 0.15) is 11.4 Å². The topological polar surface area (TPSA) is 21.8 Å². The molecule has 0 bridgehead atoms. The second kappa shape index (κ2) is 3.04. The summed E-state index contributed by atoms with van der Waals surface area (Å²) < 4.78 is 10.5. The van der Waals surface area contributed by atoms with Crippen LogP contribution in [0.2, 0.25) is 0 Å². The Morgan fingerprint density at radius 3 is 2.79 bits per heavy atom. The zero-order valence-electron chi connectivity index (χ0n) is 8.33. The van der Waals surface area contributed by atoms with Crippen LogP contribution in [0.25, 0.3) is 0 Å². The Bertz CT molecular complexity index is 397. The molecular weight excluding hydrogens is 176 g/mol. The molecule has 2 rings (SSSR count). The van der Waals surface area contributed by atoms with Gasteiger partial charge in [0.2, 0.25) is 0 Å². The van der Waals surface area contributed by atoms with Crippen LogP contribution < -0.4 is 4.74 Å². The summed E-state index contributed by atoms with van der Waals surface area (Å²) in [5.74, 6) is 3.47. The van der Waals surface area contributed by atoms with Gasteiger partial charge in [0.15, 0.2) is 0 Å². The molecular formula is C12H12O2. The van der Waals surface area contributed by atoms with E-state index in [1.807, 2.05) is 25.1 Å². The third-order valence-corrected chi connectivity index (χ3v) is 2.53. The summed E-state index contributed by atoms with van der Waals surface area (Å²) in [6.45, 7) is 2.76. The third kappa shape index (κ3) is 1.36. The second-order valence-electron chi connectivity index (χ2n) is 3.58. The van der Waals surface area contributed by atoms with Crippen molar-refractivity contribution in [2.24, 2.45) is 0 Å². The number of terminal acetylenes is 1. The molecule has 1 aliphatic heterocycles. The first kappa shape index (κ1) is 9.11. The van der Waals surface area contributed by atoms with Gasteiger partial charge in [-0.3, -0.25) is 0 Å². The van der Waals surface area contributed by atoms with Gasteiger partial charge in [-0.1, -0.05) is 5.92 Å². The van der Waals surface area contributed by atoms with Crippen molar-refractivity contribution in [2.45, 2.75) is 12.5 Å². The molecule has 2 heteroatoms. The van der Waals surface area contributed by atoms with Crippen LogP contribution in [0, 0.1) is 12.3 Å². The maximum absolute atomic E-state index is 5.42. The Balaban J connectivity index is 2.50. The number of methoxy groups -OCH3 is 1. The van der Waals surface area contributed by atoms with E-state index in [0.29, 0.717) is 0 Å². The molecule has 0 N–H and O–H groups in total. The van der Waals surface area contributed by atoms with E-state index in [1.165, 1.54) is 0 Å². The molecule has 14 heavy (non-hydrogen) atoms. The fourth-order valence-electron chi connectivity index (χ4n) is 1.48. The normalized spacial score (nSPS) is 24.1.